The van der Waals surface area contributed by atoms with E-state index in [-0.39, 0.29) is 11.7 Å². The number of aromatic nitrogens is 1. The van der Waals surface area contributed by atoms with Gasteiger partial charge in [-0.05, 0) is 37.1 Å². The molecule has 2 aromatic rings. The highest BCUT2D eigenvalue weighted by Gasteiger charge is 2.48. The van der Waals surface area contributed by atoms with Crippen LogP contribution in [-0.2, 0) is 4.79 Å². The number of carbonyl (C=O) groups is 1. The van der Waals surface area contributed by atoms with Crippen LogP contribution in [0.2, 0.25) is 0 Å². The fourth-order valence-electron chi connectivity index (χ4n) is 2.68. The third-order valence-corrected chi connectivity index (χ3v) is 4.13. The van der Waals surface area contributed by atoms with Gasteiger partial charge in [0, 0.05) is 11.6 Å². The Hall–Kier alpha value is -2.63. The van der Waals surface area contributed by atoms with E-state index < -0.39 is 5.41 Å². The number of nitrogens with two attached hydrogens (primary N) is 1. The third kappa shape index (κ3) is 2.08. The third-order valence-electron chi connectivity index (χ3n) is 4.13. The predicted molar refractivity (Wildman–Crippen MR) is 80.1 cm³/mol. The predicted octanol–water partition coefficient (Wildman–Crippen LogP) is 2.09. The number of pyridine rings is 1. The maximum Gasteiger partial charge on any atom is 0.238 e. The lowest BCUT2D eigenvalue weighted by Gasteiger charge is -2.38. The van der Waals surface area contributed by atoms with E-state index in [9.17, 15) is 4.79 Å². The average Bonchev–Trinajstić information content (AvgIpc) is 2.46. The number of amides is 1. The van der Waals surface area contributed by atoms with Crippen LogP contribution in [0.15, 0.2) is 41.7 Å². The molecule has 1 aromatic carbocycles. The Morgan fingerprint density at radius 2 is 2.14 bits per heavy atom. The normalized spacial score (nSPS) is 17.2. The Kier molecular flexibility index (Phi) is 3.21. The first-order valence-corrected chi connectivity index (χ1v) is 6.80. The highest BCUT2D eigenvalue weighted by atomic mass is 16.4. The molecule has 1 aliphatic carbocycles. The Morgan fingerprint density at radius 1 is 1.33 bits per heavy atom. The number of hydrogen-bond acceptors (Lipinski definition) is 4. The number of nitrogens with one attached hydrogen (secondary N) is 1. The van der Waals surface area contributed by atoms with Crippen molar-refractivity contribution in [3.8, 4) is 0 Å². The summed E-state index contributed by atoms with van der Waals surface area (Å²) in [6, 6.07) is 9.26. The van der Waals surface area contributed by atoms with Crippen LogP contribution in [0.4, 0.5) is 5.69 Å². The number of nitrogens with zero attached hydrogens (tertiary/aromatic N) is 2. The van der Waals surface area contributed by atoms with E-state index in [1.165, 1.54) is 0 Å². The van der Waals surface area contributed by atoms with Crippen LogP contribution < -0.4 is 11.1 Å². The topological polar surface area (TPSA) is 101 Å². The lowest BCUT2D eigenvalue weighted by Crippen LogP contribution is -2.51. The molecule has 0 radical (unpaired) electrons. The minimum Gasteiger partial charge on any atom is -0.409 e. The van der Waals surface area contributed by atoms with Crippen LogP contribution in [0.5, 0.6) is 0 Å². The SMILES string of the molecule is N/C(=N/O)C1(C(=O)Nc2cccc3ncccc23)CCC1. The Bertz CT molecular complexity index is 717. The van der Waals surface area contributed by atoms with Crippen LogP contribution >= 0.6 is 0 Å². The first-order valence-electron chi connectivity index (χ1n) is 6.80. The summed E-state index contributed by atoms with van der Waals surface area (Å²) in [7, 11) is 0. The van der Waals surface area contributed by atoms with Crippen molar-refractivity contribution in [3.05, 3.63) is 36.5 Å². The molecule has 4 N–H and O–H groups in total. The molecular formula is C15H16N4O2. The first-order chi connectivity index (χ1) is 10.2. The van der Waals surface area contributed by atoms with Gasteiger partial charge >= 0.3 is 0 Å². The molecule has 6 heteroatoms. The molecule has 0 atom stereocenters. The molecule has 0 spiro atoms. The summed E-state index contributed by atoms with van der Waals surface area (Å²) in [6.45, 7) is 0. The van der Waals surface area contributed by atoms with E-state index in [2.05, 4.69) is 15.5 Å². The van der Waals surface area contributed by atoms with Crippen LogP contribution in [0.25, 0.3) is 10.9 Å². The van der Waals surface area contributed by atoms with E-state index in [1.807, 2.05) is 30.3 Å². The fourth-order valence-corrected chi connectivity index (χ4v) is 2.68. The minimum absolute atomic E-state index is 0.0235. The molecule has 108 valence electrons. The lowest BCUT2D eigenvalue weighted by atomic mass is 9.67. The number of hydrogen-bond donors (Lipinski definition) is 3. The lowest BCUT2D eigenvalue weighted by molar-refractivity contribution is -0.125. The van der Waals surface area contributed by atoms with Crippen molar-refractivity contribution in [1.82, 2.24) is 4.98 Å². The van der Waals surface area contributed by atoms with E-state index in [1.54, 1.807) is 6.20 Å². The molecule has 1 heterocycles. The van der Waals surface area contributed by atoms with E-state index >= 15 is 0 Å². The summed E-state index contributed by atoms with van der Waals surface area (Å²) in [5, 5.41) is 15.7. The van der Waals surface area contributed by atoms with Gasteiger partial charge < -0.3 is 16.3 Å². The molecule has 3 rings (SSSR count). The number of carbonyl (C=O) groups excluding carboxylic acids is 1. The van der Waals surface area contributed by atoms with E-state index in [0.717, 1.165) is 17.3 Å². The van der Waals surface area contributed by atoms with Crippen molar-refractivity contribution < 1.29 is 10.0 Å². The van der Waals surface area contributed by atoms with Crippen LogP contribution in [0, 0.1) is 5.41 Å². The van der Waals surface area contributed by atoms with Crippen molar-refractivity contribution in [2.24, 2.45) is 16.3 Å². The van der Waals surface area contributed by atoms with E-state index in [0.29, 0.717) is 18.5 Å². The van der Waals surface area contributed by atoms with E-state index in [4.69, 9.17) is 10.9 Å². The molecule has 1 aliphatic rings. The number of fused-ring (bicyclic) bond motifs is 1. The molecule has 21 heavy (non-hydrogen) atoms. The van der Waals surface area contributed by atoms with Crippen molar-refractivity contribution in [3.63, 3.8) is 0 Å². The Balaban J connectivity index is 1.94. The standard InChI is InChI=1S/C15H16N4O2/c16-13(19-21)15(7-3-8-15)14(20)18-12-6-1-5-11-10(12)4-2-9-17-11/h1-2,4-6,9,21H,3,7-8H2,(H2,16,19)(H,18,20). The van der Waals surface area contributed by atoms with Gasteiger partial charge in [-0.15, -0.1) is 0 Å². The minimum atomic E-state index is -0.890. The number of amidine groups is 1. The molecular weight excluding hydrogens is 268 g/mol. The second-order valence-corrected chi connectivity index (χ2v) is 5.25. The summed E-state index contributed by atoms with van der Waals surface area (Å²) in [5.41, 5.74) is 6.31. The van der Waals surface area contributed by atoms with Gasteiger partial charge in [-0.2, -0.15) is 0 Å². The van der Waals surface area contributed by atoms with Gasteiger partial charge in [0.05, 0.1) is 11.2 Å². The summed E-state index contributed by atoms with van der Waals surface area (Å²) in [5.74, 6) is -0.259. The van der Waals surface area contributed by atoms with Crippen LogP contribution in [-0.4, -0.2) is 21.9 Å². The molecule has 0 bridgehead atoms. The monoisotopic (exact) mass is 284 g/mol. The molecule has 0 saturated heterocycles. The summed E-state index contributed by atoms with van der Waals surface area (Å²) < 4.78 is 0. The maximum atomic E-state index is 12.6. The highest BCUT2D eigenvalue weighted by Crippen LogP contribution is 2.42. The van der Waals surface area contributed by atoms with Gasteiger partial charge in [0.25, 0.3) is 0 Å². The molecule has 1 amide bonds. The largest absolute Gasteiger partial charge is 0.409 e. The fraction of sp³-hybridized carbons (Fsp3) is 0.267. The van der Waals surface area contributed by atoms with Crippen LogP contribution in [0.3, 0.4) is 0 Å². The summed E-state index contributed by atoms with van der Waals surface area (Å²) >= 11 is 0. The number of oxime groups is 1. The van der Waals surface area contributed by atoms with Crippen LogP contribution in [0.1, 0.15) is 19.3 Å². The first kappa shape index (κ1) is 13.4. The van der Waals surface area contributed by atoms with Gasteiger partial charge in [0.2, 0.25) is 5.91 Å². The van der Waals surface area contributed by atoms with Gasteiger partial charge in [0.15, 0.2) is 5.84 Å². The molecule has 1 aromatic heterocycles. The number of benzene rings is 1. The maximum absolute atomic E-state index is 12.6. The zero-order valence-electron chi connectivity index (χ0n) is 11.4. The molecule has 1 fully saturated rings. The summed E-state index contributed by atoms with van der Waals surface area (Å²) in [6.07, 6.45) is 3.79. The number of rotatable bonds is 3. The molecule has 1 saturated carbocycles. The zero-order chi connectivity index (χ0) is 14.9. The van der Waals surface area contributed by atoms with Crippen molar-refractivity contribution in [2.75, 3.05) is 5.32 Å². The molecule has 6 nitrogen and oxygen atoms in total. The second kappa shape index (κ2) is 5.05. The summed E-state index contributed by atoms with van der Waals surface area (Å²) in [4.78, 5) is 16.8. The van der Waals surface area contributed by atoms with Gasteiger partial charge in [-0.3, -0.25) is 9.78 Å². The zero-order valence-corrected chi connectivity index (χ0v) is 11.4. The Morgan fingerprint density at radius 3 is 2.81 bits per heavy atom. The second-order valence-electron chi connectivity index (χ2n) is 5.25. The molecule has 0 unspecified atom stereocenters. The van der Waals surface area contributed by atoms with Crippen molar-refractivity contribution >= 4 is 28.3 Å². The smallest absolute Gasteiger partial charge is 0.238 e. The molecule has 0 aliphatic heterocycles. The number of anilines is 1. The average molecular weight is 284 g/mol. The van der Waals surface area contributed by atoms with Gasteiger partial charge in [-0.25, -0.2) is 0 Å². The van der Waals surface area contributed by atoms with Gasteiger partial charge in [-0.1, -0.05) is 17.6 Å². The van der Waals surface area contributed by atoms with Crippen molar-refractivity contribution in [2.45, 2.75) is 19.3 Å². The van der Waals surface area contributed by atoms with Gasteiger partial charge in [0.1, 0.15) is 5.41 Å². The Labute approximate surface area is 121 Å². The van der Waals surface area contributed by atoms with Crippen molar-refractivity contribution in [1.29, 1.82) is 0 Å². The highest BCUT2D eigenvalue weighted by molar-refractivity contribution is 6.14. The quantitative estimate of drug-likeness (QED) is 0.347.